The minimum atomic E-state index is -0.0623. The normalized spacial score (nSPS) is 15.9. The van der Waals surface area contributed by atoms with Gasteiger partial charge in [-0.3, -0.25) is 14.6 Å². The Balaban J connectivity index is 1.68. The maximum atomic E-state index is 13.2. The van der Waals surface area contributed by atoms with E-state index in [4.69, 9.17) is 9.47 Å². The minimum absolute atomic E-state index is 0.0522. The van der Waals surface area contributed by atoms with Gasteiger partial charge in [-0.25, -0.2) is 4.68 Å². The second-order valence-electron chi connectivity index (χ2n) is 10.0. The van der Waals surface area contributed by atoms with Crippen LogP contribution >= 0.6 is 0 Å². The Morgan fingerprint density at radius 1 is 1.14 bits per heavy atom. The number of pyridine rings is 1. The van der Waals surface area contributed by atoms with Gasteiger partial charge < -0.3 is 14.5 Å². The van der Waals surface area contributed by atoms with Crippen molar-refractivity contribution in [3.63, 3.8) is 0 Å². The minimum Gasteiger partial charge on any atom is -0.383 e. The molecule has 0 amide bonds. The molecule has 0 aliphatic carbocycles. The highest BCUT2D eigenvalue weighted by Crippen LogP contribution is 2.29. The molecule has 1 N–H and O–H groups in total. The molecule has 0 radical (unpaired) electrons. The van der Waals surface area contributed by atoms with Crippen LogP contribution < -0.4 is 5.56 Å². The molecule has 36 heavy (non-hydrogen) atoms. The van der Waals surface area contributed by atoms with Gasteiger partial charge in [-0.1, -0.05) is 13.8 Å². The second kappa shape index (κ2) is 12.1. The lowest BCUT2D eigenvalue weighted by Gasteiger charge is -2.36. The first kappa shape index (κ1) is 26.4. The fraction of sp³-hybridized carbons (Fsp3) is 0.615. The number of aromatic nitrogens is 5. The number of fused-ring (bicyclic) bond motifs is 1. The lowest BCUT2D eigenvalue weighted by atomic mass is 10.00. The van der Waals surface area contributed by atoms with Gasteiger partial charge >= 0.3 is 0 Å². The Hall–Kier alpha value is -2.66. The first-order valence-electron chi connectivity index (χ1n) is 12.8. The molecule has 3 aromatic rings. The van der Waals surface area contributed by atoms with Gasteiger partial charge in [-0.05, 0) is 64.9 Å². The summed E-state index contributed by atoms with van der Waals surface area (Å²) >= 11 is 0. The lowest BCUT2D eigenvalue weighted by molar-refractivity contribution is 0.0267. The van der Waals surface area contributed by atoms with Crippen LogP contribution in [0.4, 0.5) is 0 Å². The van der Waals surface area contributed by atoms with Crippen molar-refractivity contribution in [1.29, 1.82) is 0 Å². The van der Waals surface area contributed by atoms with Gasteiger partial charge in [0.15, 0.2) is 5.82 Å². The predicted octanol–water partition coefficient (Wildman–Crippen LogP) is 2.31. The molecule has 2 aromatic heterocycles. The van der Waals surface area contributed by atoms with Crippen LogP contribution in [0.3, 0.4) is 0 Å². The van der Waals surface area contributed by atoms with Gasteiger partial charge in [0.05, 0.1) is 32.4 Å². The van der Waals surface area contributed by atoms with Crippen LogP contribution in [-0.4, -0.2) is 88.1 Å². The summed E-state index contributed by atoms with van der Waals surface area (Å²) in [5.74, 6) is 1.03. The first-order valence-corrected chi connectivity index (χ1v) is 12.8. The van der Waals surface area contributed by atoms with E-state index < -0.39 is 0 Å². The number of benzene rings is 1. The quantitative estimate of drug-likeness (QED) is 0.431. The fourth-order valence-corrected chi connectivity index (χ4v) is 4.91. The molecule has 0 saturated carbocycles. The predicted molar refractivity (Wildman–Crippen MR) is 139 cm³/mol. The molecule has 1 aliphatic rings. The van der Waals surface area contributed by atoms with E-state index >= 15 is 0 Å². The number of nitrogens with zero attached hydrogens (tertiary/aromatic N) is 6. The number of aryl methyl sites for hydroxylation is 2. The highest BCUT2D eigenvalue weighted by atomic mass is 16.5. The Morgan fingerprint density at radius 2 is 1.89 bits per heavy atom. The zero-order chi connectivity index (χ0) is 25.7. The molecule has 1 unspecified atom stereocenters. The average molecular weight is 498 g/mol. The highest BCUT2D eigenvalue weighted by molar-refractivity contribution is 5.80. The standard InChI is InChI=1S/C26H39N7O3/c1-18(2)24(25-28-29-30-33(25)10-11-35-5)32(7-6-31-8-12-36-13-9-31)17-22-16-21-14-19(3)20(4)15-23(21)27-26(22)34/h14-16,18,24H,6-13,17H2,1-5H3,(H,27,34). The van der Waals surface area contributed by atoms with E-state index in [1.54, 1.807) is 7.11 Å². The molecule has 196 valence electrons. The van der Waals surface area contributed by atoms with Crippen molar-refractivity contribution in [2.75, 3.05) is 53.1 Å². The number of rotatable bonds is 11. The molecule has 3 heterocycles. The SMILES string of the molecule is COCCn1nnnc1C(C(C)C)N(CCN1CCOCC1)Cc1cc2cc(C)c(C)cc2[nH]c1=O. The maximum Gasteiger partial charge on any atom is 0.252 e. The van der Waals surface area contributed by atoms with Crippen molar-refractivity contribution in [1.82, 2.24) is 35.0 Å². The van der Waals surface area contributed by atoms with Crippen molar-refractivity contribution in [2.45, 2.75) is 46.8 Å². The van der Waals surface area contributed by atoms with Crippen LogP contribution in [0.25, 0.3) is 10.9 Å². The highest BCUT2D eigenvalue weighted by Gasteiger charge is 2.30. The summed E-state index contributed by atoms with van der Waals surface area (Å²) in [5, 5.41) is 13.7. The molecule has 1 aliphatic heterocycles. The van der Waals surface area contributed by atoms with Gasteiger partial charge in [-0.2, -0.15) is 0 Å². The number of hydrogen-bond donors (Lipinski definition) is 1. The van der Waals surface area contributed by atoms with E-state index in [1.165, 1.54) is 11.1 Å². The second-order valence-corrected chi connectivity index (χ2v) is 10.0. The van der Waals surface area contributed by atoms with Gasteiger partial charge in [0, 0.05) is 50.9 Å². The van der Waals surface area contributed by atoms with E-state index in [-0.39, 0.29) is 17.5 Å². The Labute approximate surface area is 212 Å². The van der Waals surface area contributed by atoms with Crippen molar-refractivity contribution >= 4 is 10.9 Å². The molecule has 1 fully saturated rings. The van der Waals surface area contributed by atoms with Crippen molar-refractivity contribution in [3.05, 3.63) is 51.1 Å². The number of methoxy groups -OCH3 is 1. The summed E-state index contributed by atoms with van der Waals surface area (Å²) in [5.41, 5.74) is 3.94. The number of morpholine rings is 1. The van der Waals surface area contributed by atoms with Crippen LogP contribution in [0.2, 0.25) is 0 Å². The number of tetrazole rings is 1. The van der Waals surface area contributed by atoms with Gasteiger partial charge in [0.1, 0.15) is 0 Å². The maximum absolute atomic E-state index is 13.2. The monoisotopic (exact) mass is 497 g/mol. The molecule has 0 bridgehead atoms. The summed E-state index contributed by atoms with van der Waals surface area (Å²) in [6.45, 7) is 15.1. The van der Waals surface area contributed by atoms with Crippen molar-refractivity contribution in [2.24, 2.45) is 5.92 Å². The van der Waals surface area contributed by atoms with E-state index in [0.717, 1.165) is 61.7 Å². The van der Waals surface area contributed by atoms with Crippen LogP contribution in [0.15, 0.2) is 23.0 Å². The smallest absolute Gasteiger partial charge is 0.252 e. The Morgan fingerprint density at radius 3 is 2.61 bits per heavy atom. The molecule has 0 spiro atoms. The van der Waals surface area contributed by atoms with Crippen LogP contribution in [0.5, 0.6) is 0 Å². The summed E-state index contributed by atoms with van der Waals surface area (Å²) in [4.78, 5) is 21.1. The third-order valence-corrected chi connectivity index (χ3v) is 7.07. The molecule has 1 atom stereocenters. The van der Waals surface area contributed by atoms with E-state index in [9.17, 15) is 4.79 Å². The van der Waals surface area contributed by atoms with E-state index in [0.29, 0.717) is 19.7 Å². The van der Waals surface area contributed by atoms with Crippen LogP contribution in [0.1, 0.15) is 42.4 Å². The molecule has 4 rings (SSSR count). The number of nitrogens with one attached hydrogen (secondary N) is 1. The first-order chi connectivity index (χ1) is 17.4. The van der Waals surface area contributed by atoms with Gasteiger partial charge in [0.2, 0.25) is 0 Å². The summed E-state index contributed by atoms with van der Waals surface area (Å²) in [7, 11) is 1.67. The number of H-pyrrole nitrogens is 1. The van der Waals surface area contributed by atoms with E-state index in [2.05, 4.69) is 64.1 Å². The fourth-order valence-electron chi connectivity index (χ4n) is 4.91. The topological polar surface area (TPSA) is 101 Å². The van der Waals surface area contributed by atoms with Gasteiger partial charge in [0.25, 0.3) is 5.56 Å². The molecule has 10 heteroatoms. The van der Waals surface area contributed by atoms with Crippen LogP contribution in [0, 0.1) is 19.8 Å². The summed E-state index contributed by atoms with van der Waals surface area (Å²) in [6, 6.07) is 6.17. The summed E-state index contributed by atoms with van der Waals surface area (Å²) < 4.78 is 12.6. The van der Waals surface area contributed by atoms with Crippen molar-refractivity contribution < 1.29 is 9.47 Å². The molecule has 10 nitrogen and oxygen atoms in total. The lowest BCUT2D eigenvalue weighted by Crippen LogP contribution is -2.44. The van der Waals surface area contributed by atoms with E-state index in [1.807, 2.05) is 16.8 Å². The van der Waals surface area contributed by atoms with Gasteiger partial charge in [-0.15, -0.1) is 5.10 Å². The largest absolute Gasteiger partial charge is 0.383 e. The third kappa shape index (κ3) is 6.18. The number of hydrogen-bond acceptors (Lipinski definition) is 8. The molecular formula is C26H39N7O3. The molecular weight excluding hydrogens is 458 g/mol. The average Bonchev–Trinajstić information content (AvgIpc) is 3.31. The summed E-state index contributed by atoms with van der Waals surface area (Å²) in [6.07, 6.45) is 0. The Bertz CT molecular complexity index is 1200. The zero-order valence-electron chi connectivity index (χ0n) is 22.2. The zero-order valence-corrected chi connectivity index (χ0v) is 22.2. The Kier molecular flexibility index (Phi) is 8.84. The number of aromatic amines is 1. The van der Waals surface area contributed by atoms with Crippen LogP contribution in [-0.2, 0) is 22.6 Å². The number of ether oxygens (including phenoxy) is 2. The molecule has 1 aromatic carbocycles. The van der Waals surface area contributed by atoms with Crippen molar-refractivity contribution in [3.8, 4) is 0 Å². The molecule has 1 saturated heterocycles. The third-order valence-electron chi connectivity index (χ3n) is 7.07.